The predicted octanol–water partition coefficient (Wildman–Crippen LogP) is 4.83. The van der Waals surface area contributed by atoms with Crippen molar-refractivity contribution in [2.45, 2.75) is 95.6 Å². The summed E-state index contributed by atoms with van der Waals surface area (Å²) in [6.07, 6.45) is 13.1. The molecule has 0 spiro atoms. The van der Waals surface area contributed by atoms with E-state index in [1.807, 2.05) is 29.9 Å². The number of aromatic nitrogens is 5. The number of nitrogens with zero attached hydrogens (tertiary/aromatic N) is 5. The summed E-state index contributed by atoms with van der Waals surface area (Å²) in [4.78, 5) is 23.0. The van der Waals surface area contributed by atoms with Gasteiger partial charge in [0.1, 0.15) is 17.8 Å². The molecule has 2 saturated carbocycles. The number of nitrogens with one attached hydrogen (secondary N) is 2. The fourth-order valence-electron chi connectivity index (χ4n) is 6.84. The van der Waals surface area contributed by atoms with Gasteiger partial charge in [-0.15, -0.1) is 10.2 Å². The number of rotatable bonds is 7. The Morgan fingerprint density at radius 3 is 2.58 bits per heavy atom. The van der Waals surface area contributed by atoms with Crippen molar-refractivity contribution in [3.8, 4) is 0 Å². The number of anilines is 1. The van der Waals surface area contributed by atoms with E-state index in [0.29, 0.717) is 17.3 Å². The van der Waals surface area contributed by atoms with Crippen molar-refractivity contribution in [1.82, 2.24) is 30.0 Å². The van der Waals surface area contributed by atoms with Crippen LogP contribution in [0.1, 0.15) is 105 Å². The van der Waals surface area contributed by atoms with E-state index in [1.165, 1.54) is 30.4 Å². The van der Waals surface area contributed by atoms with Gasteiger partial charge in [0.15, 0.2) is 0 Å². The molecule has 200 valence electrons. The van der Waals surface area contributed by atoms with E-state index in [0.717, 1.165) is 49.3 Å². The molecular weight excluding hydrogens is 474 g/mol. The third-order valence-electron chi connectivity index (χ3n) is 9.34. The summed E-state index contributed by atoms with van der Waals surface area (Å²) in [7, 11) is 1.98. The number of amides is 1. The summed E-state index contributed by atoms with van der Waals surface area (Å²) < 4.78 is 1.99. The lowest BCUT2D eigenvalue weighted by molar-refractivity contribution is 0.102. The zero-order valence-electron chi connectivity index (χ0n) is 23.3. The van der Waals surface area contributed by atoms with Gasteiger partial charge in [-0.1, -0.05) is 20.8 Å². The van der Waals surface area contributed by atoms with Crippen LogP contribution in [0.2, 0.25) is 0 Å². The number of carbonyl (C=O) groups excluding carboxylic acids is 1. The smallest absolute Gasteiger partial charge is 0.274 e. The second-order valence-electron chi connectivity index (χ2n) is 12.9. The Morgan fingerprint density at radius 2 is 1.92 bits per heavy atom. The Hall–Kier alpha value is -3.13. The van der Waals surface area contributed by atoms with E-state index in [9.17, 15) is 4.79 Å². The molecule has 6 rings (SSSR count). The molecule has 0 saturated heterocycles. The molecule has 0 radical (unpaired) electrons. The monoisotopic (exact) mass is 513 g/mol. The standard InChI is InChI=1S/C30H39N7O/c1-19-13-30(14-19,27-36-33-18-37(27)5)21-12-22(17-31-16-21)34-26(38)24-11-20(15-32-29(4)8-6-9-29)23-7-10-28(2,3)25(23)35-24/h11-12,16-19,32H,6-10,13-15H2,1-5H3,(H,34,38). The first-order valence-electron chi connectivity index (χ1n) is 14.0. The maximum absolute atomic E-state index is 13.6. The second kappa shape index (κ2) is 8.97. The van der Waals surface area contributed by atoms with Gasteiger partial charge in [-0.3, -0.25) is 9.78 Å². The minimum atomic E-state index is -0.231. The normalized spacial score (nSPS) is 24.8. The van der Waals surface area contributed by atoms with Crippen molar-refractivity contribution in [2.75, 3.05) is 5.32 Å². The summed E-state index contributed by atoms with van der Waals surface area (Å²) >= 11 is 0. The Balaban J connectivity index is 1.28. The summed E-state index contributed by atoms with van der Waals surface area (Å²) in [5.41, 5.74) is 5.73. The number of aryl methyl sites for hydroxylation is 1. The Labute approximate surface area is 225 Å². The first-order chi connectivity index (χ1) is 18.1. The highest BCUT2D eigenvalue weighted by molar-refractivity contribution is 6.03. The number of hydrogen-bond acceptors (Lipinski definition) is 6. The molecule has 0 aliphatic heterocycles. The molecule has 3 aliphatic carbocycles. The Bertz CT molecular complexity index is 1380. The highest BCUT2D eigenvalue weighted by Crippen LogP contribution is 2.51. The lowest BCUT2D eigenvalue weighted by Crippen LogP contribution is -2.47. The van der Waals surface area contributed by atoms with Crippen LogP contribution in [0.5, 0.6) is 0 Å². The van der Waals surface area contributed by atoms with Crippen LogP contribution < -0.4 is 10.6 Å². The number of hydrogen-bond donors (Lipinski definition) is 2. The molecule has 3 aliphatic rings. The van der Waals surface area contributed by atoms with Gasteiger partial charge in [0.25, 0.3) is 5.91 Å². The fourth-order valence-corrected chi connectivity index (χ4v) is 6.84. The maximum Gasteiger partial charge on any atom is 0.274 e. The average Bonchev–Trinajstić information content (AvgIpc) is 3.41. The molecular formula is C30H39N7O. The summed E-state index contributed by atoms with van der Waals surface area (Å²) in [5, 5.41) is 15.4. The van der Waals surface area contributed by atoms with Gasteiger partial charge < -0.3 is 15.2 Å². The second-order valence-corrected chi connectivity index (χ2v) is 12.9. The molecule has 3 heterocycles. The predicted molar refractivity (Wildman–Crippen MR) is 147 cm³/mol. The highest BCUT2D eigenvalue weighted by atomic mass is 16.1. The van der Waals surface area contributed by atoms with Crippen LogP contribution in [-0.2, 0) is 30.8 Å². The van der Waals surface area contributed by atoms with Crippen LogP contribution in [0, 0.1) is 5.92 Å². The first kappa shape index (κ1) is 25.2. The molecule has 2 fully saturated rings. The molecule has 3 aromatic heterocycles. The third kappa shape index (κ3) is 4.23. The summed E-state index contributed by atoms with van der Waals surface area (Å²) in [6, 6.07) is 4.04. The minimum absolute atomic E-state index is 0.0361. The van der Waals surface area contributed by atoms with Gasteiger partial charge in [-0.25, -0.2) is 4.98 Å². The van der Waals surface area contributed by atoms with Crippen LogP contribution in [0.4, 0.5) is 5.69 Å². The van der Waals surface area contributed by atoms with Crippen LogP contribution in [0.25, 0.3) is 0 Å². The third-order valence-corrected chi connectivity index (χ3v) is 9.34. The van der Waals surface area contributed by atoms with Gasteiger partial charge in [-0.05, 0) is 86.6 Å². The Kier molecular flexibility index (Phi) is 5.94. The van der Waals surface area contributed by atoms with Crippen molar-refractivity contribution in [1.29, 1.82) is 0 Å². The first-order valence-corrected chi connectivity index (χ1v) is 14.0. The van der Waals surface area contributed by atoms with Gasteiger partial charge in [-0.2, -0.15) is 0 Å². The highest BCUT2D eigenvalue weighted by Gasteiger charge is 2.48. The van der Waals surface area contributed by atoms with Crippen molar-refractivity contribution in [2.24, 2.45) is 13.0 Å². The topological polar surface area (TPSA) is 97.6 Å². The van der Waals surface area contributed by atoms with E-state index in [1.54, 1.807) is 12.5 Å². The maximum atomic E-state index is 13.6. The van der Waals surface area contributed by atoms with Crippen molar-refractivity contribution in [3.05, 3.63) is 64.8 Å². The molecule has 1 amide bonds. The molecule has 2 N–H and O–H groups in total. The summed E-state index contributed by atoms with van der Waals surface area (Å²) in [5.74, 6) is 1.35. The lowest BCUT2D eigenvalue weighted by atomic mass is 9.59. The summed E-state index contributed by atoms with van der Waals surface area (Å²) in [6.45, 7) is 9.79. The number of carbonyl (C=O) groups is 1. The van der Waals surface area contributed by atoms with E-state index >= 15 is 0 Å². The molecule has 0 unspecified atom stereocenters. The molecule has 38 heavy (non-hydrogen) atoms. The number of fused-ring (bicyclic) bond motifs is 1. The van der Waals surface area contributed by atoms with Crippen LogP contribution in [0.15, 0.2) is 30.9 Å². The Morgan fingerprint density at radius 1 is 1.13 bits per heavy atom. The van der Waals surface area contributed by atoms with Crippen LogP contribution in [0.3, 0.4) is 0 Å². The van der Waals surface area contributed by atoms with E-state index in [2.05, 4.69) is 53.5 Å². The zero-order valence-corrected chi connectivity index (χ0v) is 23.3. The average molecular weight is 514 g/mol. The van der Waals surface area contributed by atoms with Gasteiger partial charge in [0.2, 0.25) is 0 Å². The van der Waals surface area contributed by atoms with E-state index in [-0.39, 0.29) is 22.3 Å². The van der Waals surface area contributed by atoms with E-state index in [4.69, 9.17) is 4.98 Å². The SMILES string of the molecule is CC1CC(c2cncc(NC(=O)c3cc(CNC4(C)CCC4)c4c(n3)C(C)(C)CC4)c2)(c2nncn2C)C1. The lowest BCUT2D eigenvalue weighted by Gasteiger charge is -2.45. The minimum Gasteiger partial charge on any atom is -0.320 e. The van der Waals surface area contributed by atoms with Gasteiger partial charge in [0, 0.05) is 30.7 Å². The fraction of sp³-hybridized carbons (Fsp3) is 0.567. The van der Waals surface area contributed by atoms with E-state index < -0.39 is 0 Å². The van der Waals surface area contributed by atoms with Crippen molar-refractivity contribution >= 4 is 11.6 Å². The van der Waals surface area contributed by atoms with Gasteiger partial charge >= 0.3 is 0 Å². The van der Waals surface area contributed by atoms with Crippen LogP contribution >= 0.6 is 0 Å². The molecule has 0 bridgehead atoms. The molecule has 3 aromatic rings. The van der Waals surface area contributed by atoms with Crippen molar-refractivity contribution in [3.63, 3.8) is 0 Å². The molecule has 8 heteroatoms. The quantitative estimate of drug-likeness (QED) is 0.470. The molecule has 0 atom stereocenters. The largest absolute Gasteiger partial charge is 0.320 e. The number of pyridine rings is 2. The zero-order chi connectivity index (χ0) is 26.7. The van der Waals surface area contributed by atoms with Crippen molar-refractivity contribution < 1.29 is 4.79 Å². The molecule has 8 nitrogen and oxygen atoms in total. The van der Waals surface area contributed by atoms with Gasteiger partial charge in [0.05, 0.1) is 23.0 Å². The molecule has 0 aromatic carbocycles. The van der Waals surface area contributed by atoms with Crippen LogP contribution in [-0.4, -0.2) is 36.2 Å².